The molecule has 2 rings (SSSR count). The van der Waals surface area contributed by atoms with E-state index in [2.05, 4.69) is 34.5 Å². The lowest BCUT2D eigenvalue weighted by Gasteiger charge is -2.26. The van der Waals surface area contributed by atoms with Gasteiger partial charge in [-0.3, -0.25) is 4.68 Å². The Morgan fingerprint density at radius 3 is 3.20 bits per heavy atom. The fourth-order valence-electron chi connectivity index (χ4n) is 2.54. The lowest BCUT2D eigenvalue weighted by atomic mass is 10.0. The molecule has 0 aliphatic carbocycles. The highest BCUT2D eigenvalue weighted by molar-refractivity contribution is 4.91. The number of hydrogen-bond acceptors (Lipinski definition) is 5. The summed E-state index contributed by atoms with van der Waals surface area (Å²) in [6.07, 6.45) is 4.52. The van der Waals surface area contributed by atoms with E-state index in [1.54, 1.807) is 0 Å². The van der Waals surface area contributed by atoms with Gasteiger partial charge in [-0.05, 0) is 32.4 Å². The molecule has 114 valence electrons. The molecule has 6 nitrogen and oxygen atoms in total. The molecular formula is C14H27N5O. The van der Waals surface area contributed by atoms with E-state index < -0.39 is 0 Å². The fourth-order valence-corrected chi connectivity index (χ4v) is 2.54. The zero-order valence-electron chi connectivity index (χ0n) is 12.7. The van der Waals surface area contributed by atoms with Crippen LogP contribution in [0.5, 0.6) is 0 Å². The normalized spacial score (nSPS) is 19.6. The molecule has 0 radical (unpaired) electrons. The number of likely N-dealkylation sites (N-methyl/N-ethyl adjacent to an activating group) is 1. The van der Waals surface area contributed by atoms with Crippen LogP contribution in [0.2, 0.25) is 0 Å². The molecule has 1 aromatic heterocycles. The Labute approximate surface area is 121 Å². The second kappa shape index (κ2) is 8.34. The predicted octanol–water partition coefficient (Wildman–Crippen LogP) is 0.746. The van der Waals surface area contributed by atoms with E-state index >= 15 is 0 Å². The van der Waals surface area contributed by atoms with E-state index in [1.807, 2.05) is 10.9 Å². The lowest BCUT2D eigenvalue weighted by Crippen LogP contribution is -2.33. The van der Waals surface area contributed by atoms with Gasteiger partial charge in [-0.2, -0.15) is 0 Å². The lowest BCUT2D eigenvalue weighted by molar-refractivity contribution is 0.0416. The van der Waals surface area contributed by atoms with Crippen LogP contribution in [0, 0.1) is 5.92 Å². The predicted molar refractivity (Wildman–Crippen MR) is 78.4 cm³/mol. The molecule has 0 amide bonds. The summed E-state index contributed by atoms with van der Waals surface area (Å²) in [5, 5.41) is 11.6. The molecule has 1 fully saturated rings. The van der Waals surface area contributed by atoms with Crippen LogP contribution >= 0.6 is 0 Å². The summed E-state index contributed by atoms with van der Waals surface area (Å²) < 4.78 is 7.46. The van der Waals surface area contributed by atoms with Crippen molar-refractivity contribution in [2.45, 2.75) is 32.9 Å². The molecule has 1 aliphatic heterocycles. The Kier molecular flexibility index (Phi) is 6.42. The van der Waals surface area contributed by atoms with Crippen LogP contribution in [0.3, 0.4) is 0 Å². The van der Waals surface area contributed by atoms with Crippen LogP contribution in [-0.2, 0) is 17.8 Å². The molecule has 1 aromatic rings. The van der Waals surface area contributed by atoms with E-state index in [0.717, 1.165) is 51.6 Å². The van der Waals surface area contributed by atoms with Gasteiger partial charge >= 0.3 is 0 Å². The fraction of sp³-hybridized carbons (Fsp3) is 0.857. The van der Waals surface area contributed by atoms with Crippen LogP contribution in [0.1, 0.15) is 25.5 Å². The Balaban J connectivity index is 1.66. The minimum atomic E-state index is 0.689. The number of hydrogen-bond donors (Lipinski definition) is 1. The molecule has 1 aliphatic rings. The largest absolute Gasteiger partial charge is 0.381 e. The molecule has 1 atom stereocenters. The van der Waals surface area contributed by atoms with Crippen molar-refractivity contribution < 1.29 is 4.74 Å². The first-order valence-corrected chi connectivity index (χ1v) is 7.64. The molecule has 20 heavy (non-hydrogen) atoms. The standard InChI is InChI=1S/C14H27N5O/c1-3-15-9-14-11-19(17-16-14)7-6-18(2)10-13-5-4-8-20-12-13/h11,13,15H,3-10,12H2,1-2H3. The van der Waals surface area contributed by atoms with E-state index in [1.165, 1.54) is 12.8 Å². The number of ether oxygens (including phenoxy) is 1. The highest BCUT2D eigenvalue weighted by Gasteiger charge is 2.15. The van der Waals surface area contributed by atoms with E-state index in [9.17, 15) is 0 Å². The maximum absolute atomic E-state index is 5.53. The van der Waals surface area contributed by atoms with Crippen LogP contribution in [0.25, 0.3) is 0 Å². The van der Waals surface area contributed by atoms with Crippen molar-refractivity contribution in [2.24, 2.45) is 5.92 Å². The van der Waals surface area contributed by atoms with Crippen molar-refractivity contribution in [3.63, 3.8) is 0 Å². The summed E-state index contributed by atoms with van der Waals surface area (Å²) in [5.74, 6) is 0.689. The topological polar surface area (TPSA) is 55.2 Å². The summed E-state index contributed by atoms with van der Waals surface area (Å²) >= 11 is 0. The third-order valence-corrected chi connectivity index (χ3v) is 3.68. The Morgan fingerprint density at radius 2 is 2.45 bits per heavy atom. The van der Waals surface area contributed by atoms with E-state index in [0.29, 0.717) is 5.92 Å². The first-order valence-electron chi connectivity index (χ1n) is 7.64. The van der Waals surface area contributed by atoms with Gasteiger partial charge in [-0.25, -0.2) is 0 Å². The number of nitrogens with one attached hydrogen (secondary N) is 1. The van der Waals surface area contributed by atoms with Crippen molar-refractivity contribution in [1.29, 1.82) is 0 Å². The van der Waals surface area contributed by atoms with Gasteiger partial charge in [0.1, 0.15) is 0 Å². The summed E-state index contributed by atoms with van der Waals surface area (Å²) in [4.78, 5) is 2.37. The number of rotatable bonds is 8. The Hall–Kier alpha value is -0.980. The summed E-state index contributed by atoms with van der Waals surface area (Å²) in [6.45, 7) is 8.70. The van der Waals surface area contributed by atoms with Crippen molar-refractivity contribution in [3.8, 4) is 0 Å². The smallest absolute Gasteiger partial charge is 0.0964 e. The molecular weight excluding hydrogens is 254 g/mol. The van der Waals surface area contributed by atoms with Crippen molar-refractivity contribution in [1.82, 2.24) is 25.2 Å². The Morgan fingerprint density at radius 1 is 1.55 bits per heavy atom. The van der Waals surface area contributed by atoms with Crippen molar-refractivity contribution in [2.75, 3.05) is 39.9 Å². The van der Waals surface area contributed by atoms with Gasteiger partial charge in [0, 0.05) is 32.4 Å². The highest BCUT2D eigenvalue weighted by Crippen LogP contribution is 2.14. The minimum absolute atomic E-state index is 0.689. The van der Waals surface area contributed by atoms with Crippen molar-refractivity contribution >= 4 is 0 Å². The molecule has 2 heterocycles. The van der Waals surface area contributed by atoms with Crippen LogP contribution in [0.15, 0.2) is 6.20 Å². The quantitative estimate of drug-likeness (QED) is 0.762. The summed E-state index contributed by atoms with van der Waals surface area (Å²) in [7, 11) is 2.17. The second-order valence-electron chi connectivity index (χ2n) is 5.60. The summed E-state index contributed by atoms with van der Waals surface area (Å²) in [5.41, 5.74) is 1.01. The maximum Gasteiger partial charge on any atom is 0.0964 e. The van der Waals surface area contributed by atoms with Gasteiger partial charge in [0.2, 0.25) is 0 Å². The average molecular weight is 281 g/mol. The van der Waals surface area contributed by atoms with Gasteiger partial charge in [0.25, 0.3) is 0 Å². The molecule has 1 N–H and O–H groups in total. The molecule has 0 bridgehead atoms. The number of aromatic nitrogens is 3. The minimum Gasteiger partial charge on any atom is -0.381 e. The van der Waals surface area contributed by atoms with Crippen molar-refractivity contribution in [3.05, 3.63) is 11.9 Å². The monoisotopic (exact) mass is 281 g/mol. The molecule has 0 aromatic carbocycles. The molecule has 6 heteroatoms. The zero-order chi connectivity index (χ0) is 14.2. The SMILES string of the molecule is CCNCc1cn(CCN(C)CC2CCCOC2)nn1. The first-order chi connectivity index (χ1) is 9.78. The van der Waals surface area contributed by atoms with Crippen LogP contribution in [-0.4, -0.2) is 59.8 Å². The zero-order valence-corrected chi connectivity index (χ0v) is 12.7. The third-order valence-electron chi connectivity index (χ3n) is 3.68. The van der Waals surface area contributed by atoms with Gasteiger partial charge in [0.15, 0.2) is 0 Å². The average Bonchev–Trinajstić information content (AvgIpc) is 2.92. The van der Waals surface area contributed by atoms with Crippen LogP contribution in [0.4, 0.5) is 0 Å². The van der Waals surface area contributed by atoms with Gasteiger partial charge in [-0.15, -0.1) is 5.10 Å². The van der Waals surface area contributed by atoms with Gasteiger partial charge in [-0.1, -0.05) is 12.1 Å². The van der Waals surface area contributed by atoms with Gasteiger partial charge in [0.05, 0.1) is 18.8 Å². The molecule has 0 saturated carbocycles. The Bertz CT molecular complexity index is 375. The molecule has 1 saturated heterocycles. The first kappa shape index (κ1) is 15.4. The van der Waals surface area contributed by atoms with Crippen LogP contribution < -0.4 is 5.32 Å². The molecule has 0 spiro atoms. The highest BCUT2D eigenvalue weighted by atomic mass is 16.5. The second-order valence-corrected chi connectivity index (χ2v) is 5.60. The molecule has 1 unspecified atom stereocenters. The maximum atomic E-state index is 5.53. The van der Waals surface area contributed by atoms with E-state index in [-0.39, 0.29) is 0 Å². The number of nitrogens with zero attached hydrogens (tertiary/aromatic N) is 4. The van der Waals surface area contributed by atoms with E-state index in [4.69, 9.17) is 4.74 Å². The van der Waals surface area contributed by atoms with Gasteiger partial charge < -0.3 is 15.0 Å². The third kappa shape index (κ3) is 5.19. The summed E-state index contributed by atoms with van der Waals surface area (Å²) in [6, 6.07) is 0.